The largest absolute Gasteiger partial charge is 0.338 e. The molecule has 4 heteroatoms. The SMILES string of the molecule is O=C(N[C@H](c1ccccc1)c1ccccn1)c1ccccn1. The van der Waals surface area contributed by atoms with Gasteiger partial charge in [0.1, 0.15) is 5.69 Å². The Bertz CT molecular complexity index is 691. The van der Waals surface area contributed by atoms with Crippen LogP contribution in [-0.4, -0.2) is 15.9 Å². The van der Waals surface area contributed by atoms with Gasteiger partial charge in [-0.25, -0.2) is 0 Å². The molecule has 108 valence electrons. The highest BCUT2D eigenvalue weighted by Gasteiger charge is 2.19. The summed E-state index contributed by atoms with van der Waals surface area (Å²) in [5.41, 5.74) is 2.16. The number of aromatic nitrogens is 2. The van der Waals surface area contributed by atoms with Crippen molar-refractivity contribution in [2.45, 2.75) is 6.04 Å². The van der Waals surface area contributed by atoms with Crippen molar-refractivity contribution in [3.8, 4) is 0 Å². The third-order valence-corrected chi connectivity index (χ3v) is 3.29. The van der Waals surface area contributed by atoms with Crippen molar-refractivity contribution in [2.24, 2.45) is 0 Å². The Kier molecular flexibility index (Phi) is 4.20. The first-order valence-corrected chi connectivity index (χ1v) is 7.02. The molecule has 0 aliphatic rings. The number of carbonyl (C=O) groups is 1. The van der Waals surface area contributed by atoms with Gasteiger partial charge in [0.05, 0.1) is 11.7 Å². The first-order valence-electron chi connectivity index (χ1n) is 7.02. The fraction of sp³-hybridized carbons (Fsp3) is 0.0556. The topological polar surface area (TPSA) is 54.9 Å². The van der Waals surface area contributed by atoms with Crippen LogP contribution < -0.4 is 5.32 Å². The van der Waals surface area contributed by atoms with Crippen LogP contribution in [0.5, 0.6) is 0 Å². The molecule has 0 saturated heterocycles. The number of amides is 1. The van der Waals surface area contributed by atoms with Crippen molar-refractivity contribution < 1.29 is 4.79 Å². The Labute approximate surface area is 128 Å². The van der Waals surface area contributed by atoms with Gasteiger partial charge < -0.3 is 5.32 Å². The lowest BCUT2D eigenvalue weighted by atomic mass is 10.0. The second-order valence-electron chi connectivity index (χ2n) is 4.79. The van der Waals surface area contributed by atoms with Gasteiger partial charge >= 0.3 is 0 Å². The molecule has 0 spiro atoms. The predicted octanol–water partition coefficient (Wildman–Crippen LogP) is 3.00. The minimum atomic E-state index is -0.308. The smallest absolute Gasteiger partial charge is 0.270 e. The molecule has 0 aliphatic heterocycles. The Hall–Kier alpha value is -3.01. The molecule has 0 radical (unpaired) electrons. The zero-order valence-corrected chi connectivity index (χ0v) is 11.9. The highest BCUT2D eigenvalue weighted by molar-refractivity contribution is 5.92. The Morgan fingerprint density at radius 3 is 2.14 bits per heavy atom. The Morgan fingerprint density at radius 1 is 0.818 bits per heavy atom. The lowest BCUT2D eigenvalue weighted by Gasteiger charge is -2.18. The second kappa shape index (κ2) is 6.63. The third-order valence-electron chi connectivity index (χ3n) is 3.29. The van der Waals surface area contributed by atoms with E-state index < -0.39 is 0 Å². The summed E-state index contributed by atoms with van der Waals surface area (Å²) in [7, 11) is 0. The molecule has 1 amide bonds. The average Bonchev–Trinajstić information content (AvgIpc) is 2.62. The number of benzene rings is 1. The quantitative estimate of drug-likeness (QED) is 0.803. The standard InChI is InChI=1S/C18H15N3O/c22-18(16-11-5-7-13-20-16)21-17(14-8-2-1-3-9-14)15-10-4-6-12-19-15/h1-13,17H,(H,21,22)/t17-/m1/s1. The van der Waals surface area contributed by atoms with Gasteiger partial charge in [-0.3, -0.25) is 14.8 Å². The summed E-state index contributed by atoms with van der Waals surface area (Å²) >= 11 is 0. The summed E-state index contributed by atoms with van der Waals surface area (Å²) < 4.78 is 0. The van der Waals surface area contributed by atoms with Crippen LogP contribution in [0.4, 0.5) is 0 Å². The minimum Gasteiger partial charge on any atom is -0.338 e. The van der Waals surface area contributed by atoms with Crippen LogP contribution in [0.15, 0.2) is 79.1 Å². The summed E-state index contributed by atoms with van der Waals surface area (Å²) in [4.78, 5) is 20.9. The van der Waals surface area contributed by atoms with E-state index in [0.717, 1.165) is 11.3 Å². The molecule has 0 bridgehead atoms. The zero-order valence-electron chi connectivity index (χ0n) is 11.9. The van der Waals surface area contributed by atoms with Crippen molar-refractivity contribution in [2.75, 3.05) is 0 Å². The van der Waals surface area contributed by atoms with Gasteiger partial charge in [-0.15, -0.1) is 0 Å². The number of rotatable bonds is 4. The molecule has 1 atom stereocenters. The first-order chi connectivity index (χ1) is 10.8. The van der Waals surface area contributed by atoms with E-state index in [4.69, 9.17) is 0 Å². The summed E-state index contributed by atoms with van der Waals surface area (Å²) in [6, 6.07) is 20.4. The van der Waals surface area contributed by atoms with Crippen LogP contribution in [0.25, 0.3) is 0 Å². The van der Waals surface area contributed by atoms with Gasteiger partial charge in [-0.2, -0.15) is 0 Å². The van der Waals surface area contributed by atoms with E-state index in [1.54, 1.807) is 30.6 Å². The summed E-state index contributed by atoms with van der Waals surface area (Å²) in [5.74, 6) is -0.222. The van der Waals surface area contributed by atoms with Crippen LogP contribution in [-0.2, 0) is 0 Å². The zero-order chi connectivity index (χ0) is 15.2. The van der Waals surface area contributed by atoms with Crippen LogP contribution in [0.1, 0.15) is 27.8 Å². The lowest BCUT2D eigenvalue weighted by Crippen LogP contribution is -2.30. The lowest BCUT2D eigenvalue weighted by molar-refractivity contribution is 0.0937. The van der Waals surface area contributed by atoms with E-state index in [1.165, 1.54) is 0 Å². The normalized spacial score (nSPS) is 11.6. The van der Waals surface area contributed by atoms with Crippen molar-refractivity contribution in [1.82, 2.24) is 15.3 Å². The van der Waals surface area contributed by atoms with Gasteiger partial charge in [0.15, 0.2) is 0 Å². The van der Waals surface area contributed by atoms with Crippen LogP contribution in [0.2, 0.25) is 0 Å². The number of hydrogen-bond acceptors (Lipinski definition) is 3. The van der Waals surface area contributed by atoms with Gasteiger partial charge in [0.2, 0.25) is 0 Å². The van der Waals surface area contributed by atoms with E-state index >= 15 is 0 Å². The van der Waals surface area contributed by atoms with Crippen LogP contribution >= 0.6 is 0 Å². The molecule has 0 fully saturated rings. The number of nitrogens with zero attached hydrogens (tertiary/aromatic N) is 2. The molecule has 2 aromatic heterocycles. The van der Waals surface area contributed by atoms with Gasteiger partial charge in [0.25, 0.3) is 5.91 Å². The number of nitrogens with one attached hydrogen (secondary N) is 1. The predicted molar refractivity (Wildman–Crippen MR) is 84.2 cm³/mol. The molecule has 0 saturated carbocycles. The van der Waals surface area contributed by atoms with Gasteiger partial charge in [-0.1, -0.05) is 42.5 Å². The molecule has 1 N–H and O–H groups in total. The third kappa shape index (κ3) is 3.17. The molecule has 4 nitrogen and oxygen atoms in total. The second-order valence-corrected chi connectivity index (χ2v) is 4.79. The highest BCUT2D eigenvalue weighted by atomic mass is 16.1. The monoisotopic (exact) mass is 289 g/mol. The Balaban J connectivity index is 1.91. The van der Waals surface area contributed by atoms with Crippen LogP contribution in [0.3, 0.4) is 0 Å². The fourth-order valence-electron chi connectivity index (χ4n) is 2.22. The Morgan fingerprint density at radius 2 is 1.50 bits per heavy atom. The first kappa shape index (κ1) is 13.9. The summed E-state index contributed by atoms with van der Waals surface area (Å²) in [5, 5.41) is 3.00. The van der Waals surface area contributed by atoms with E-state index in [0.29, 0.717) is 5.69 Å². The van der Waals surface area contributed by atoms with E-state index in [9.17, 15) is 4.79 Å². The summed E-state index contributed by atoms with van der Waals surface area (Å²) in [6.07, 6.45) is 3.32. The van der Waals surface area contributed by atoms with E-state index in [-0.39, 0.29) is 11.9 Å². The summed E-state index contributed by atoms with van der Waals surface area (Å²) in [6.45, 7) is 0. The van der Waals surface area contributed by atoms with Crippen molar-refractivity contribution >= 4 is 5.91 Å². The van der Waals surface area contributed by atoms with Crippen molar-refractivity contribution in [3.05, 3.63) is 96.1 Å². The molecule has 22 heavy (non-hydrogen) atoms. The number of carbonyl (C=O) groups excluding carboxylic acids is 1. The molecule has 1 aromatic carbocycles. The average molecular weight is 289 g/mol. The maximum absolute atomic E-state index is 12.4. The molecule has 0 aliphatic carbocycles. The van der Waals surface area contributed by atoms with E-state index in [2.05, 4.69) is 15.3 Å². The fourth-order valence-corrected chi connectivity index (χ4v) is 2.22. The highest BCUT2D eigenvalue weighted by Crippen LogP contribution is 2.20. The van der Waals surface area contributed by atoms with E-state index in [1.807, 2.05) is 48.5 Å². The molecule has 0 unspecified atom stereocenters. The molecule has 2 heterocycles. The minimum absolute atomic E-state index is 0.222. The molecular formula is C18H15N3O. The number of pyridine rings is 2. The molecule has 3 rings (SSSR count). The maximum atomic E-state index is 12.4. The van der Waals surface area contributed by atoms with Gasteiger partial charge in [0, 0.05) is 12.4 Å². The van der Waals surface area contributed by atoms with Crippen LogP contribution in [0, 0.1) is 0 Å². The molecular weight excluding hydrogens is 274 g/mol. The number of hydrogen-bond donors (Lipinski definition) is 1. The van der Waals surface area contributed by atoms with Crippen molar-refractivity contribution in [3.63, 3.8) is 0 Å². The van der Waals surface area contributed by atoms with Gasteiger partial charge in [-0.05, 0) is 29.8 Å². The maximum Gasteiger partial charge on any atom is 0.270 e. The van der Waals surface area contributed by atoms with Crippen molar-refractivity contribution in [1.29, 1.82) is 0 Å². The molecule has 3 aromatic rings.